The van der Waals surface area contributed by atoms with Gasteiger partial charge in [0.1, 0.15) is 12.3 Å². The van der Waals surface area contributed by atoms with Gasteiger partial charge in [0.05, 0.1) is 11.9 Å². The molecule has 0 spiro atoms. The van der Waals surface area contributed by atoms with Gasteiger partial charge in [-0.2, -0.15) is 5.10 Å². The largest absolute Gasteiger partial charge is 0.374 e. The second-order valence-electron chi connectivity index (χ2n) is 5.35. The lowest BCUT2D eigenvalue weighted by molar-refractivity contribution is -0.131. The summed E-state index contributed by atoms with van der Waals surface area (Å²) < 4.78 is 1.20. The lowest BCUT2D eigenvalue weighted by atomic mass is 10.1. The first-order chi connectivity index (χ1) is 10.1. The van der Waals surface area contributed by atoms with Crippen molar-refractivity contribution in [2.75, 3.05) is 31.1 Å². The Labute approximate surface area is 121 Å². The fourth-order valence-electron chi connectivity index (χ4n) is 2.75. The quantitative estimate of drug-likeness (QED) is 0.609. The van der Waals surface area contributed by atoms with E-state index in [4.69, 9.17) is 0 Å². The van der Waals surface area contributed by atoms with Crippen LogP contribution in [0.3, 0.4) is 0 Å². The van der Waals surface area contributed by atoms with Crippen molar-refractivity contribution in [3.05, 3.63) is 22.6 Å². The summed E-state index contributed by atoms with van der Waals surface area (Å²) in [5.74, 6) is -0.363. The van der Waals surface area contributed by atoms with Crippen LogP contribution in [0, 0.1) is 0 Å². The van der Waals surface area contributed by atoms with Crippen LogP contribution in [-0.4, -0.2) is 53.2 Å². The molecule has 2 fully saturated rings. The molecule has 3 heterocycles. The van der Waals surface area contributed by atoms with Crippen LogP contribution in [0.2, 0.25) is 0 Å². The molecule has 2 aliphatic rings. The fraction of sp³-hybridized carbons (Fsp3) is 0.615. The molecule has 114 valence electrons. The summed E-state index contributed by atoms with van der Waals surface area (Å²) in [6.07, 6.45) is 1.63. The summed E-state index contributed by atoms with van der Waals surface area (Å²) >= 11 is 0. The van der Waals surface area contributed by atoms with Gasteiger partial charge in [0.2, 0.25) is 5.91 Å². The number of carbonyl (C=O) groups excluding carboxylic acids is 1. The van der Waals surface area contributed by atoms with E-state index in [2.05, 4.69) is 20.6 Å². The highest BCUT2D eigenvalue weighted by molar-refractivity contribution is 5.81. The molecular formula is C13H19N5O3. The van der Waals surface area contributed by atoms with Crippen molar-refractivity contribution in [2.24, 2.45) is 0 Å². The third kappa shape index (κ3) is 2.91. The van der Waals surface area contributed by atoms with Crippen molar-refractivity contribution in [1.29, 1.82) is 0 Å². The molecule has 2 saturated heterocycles. The number of nitrogens with zero attached hydrogens (tertiary/aromatic N) is 3. The Kier molecular flexibility index (Phi) is 3.89. The Bertz CT molecular complexity index is 581. The summed E-state index contributed by atoms with van der Waals surface area (Å²) in [5.41, 5.74) is 0.497. The first-order valence-electron chi connectivity index (χ1n) is 7.18. The molecule has 2 unspecified atom stereocenters. The third-order valence-corrected chi connectivity index (χ3v) is 3.91. The highest BCUT2D eigenvalue weighted by Gasteiger charge is 2.29. The molecule has 2 aliphatic heterocycles. The van der Waals surface area contributed by atoms with E-state index in [0.29, 0.717) is 12.8 Å². The monoisotopic (exact) mass is 293 g/mol. The van der Waals surface area contributed by atoms with Crippen LogP contribution < -0.4 is 21.1 Å². The Morgan fingerprint density at radius 3 is 2.67 bits per heavy atom. The number of aliphatic hydroxyl groups is 1. The average molecular weight is 293 g/mol. The molecule has 1 amide bonds. The molecule has 0 aromatic carbocycles. The SMILES string of the molecule is O=C1NC(O)CCC1n1ncc(N2CCNCC2)cc1=O. The predicted molar refractivity (Wildman–Crippen MR) is 76.0 cm³/mol. The maximum atomic E-state index is 12.2. The third-order valence-electron chi connectivity index (χ3n) is 3.91. The minimum absolute atomic E-state index is 0.289. The zero-order valence-electron chi connectivity index (χ0n) is 11.7. The van der Waals surface area contributed by atoms with E-state index in [1.165, 1.54) is 10.7 Å². The molecule has 0 radical (unpaired) electrons. The molecular weight excluding hydrogens is 274 g/mol. The van der Waals surface area contributed by atoms with Crippen LogP contribution in [0.5, 0.6) is 0 Å². The van der Waals surface area contributed by atoms with Crippen molar-refractivity contribution in [1.82, 2.24) is 20.4 Å². The van der Waals surface area contributed by atoms with E-state index < -0.39 is 12.3 Å². The standard InChI is InChI=1S/C13H19N5O3/c19-11-2-1-10(13(21)16-11)18-12(20)7-9(8-15-18)17-5-3-14-4-6-17/h7-8,10-11,14,19H,1-6H2,(H,16,21). The molecule has 8 heteroatoms. The molecule has 8 nitrogen and oxygen atoms in total. The molecule has 0 aliphatic carbocycles. The van der Waals surface area contributed by atoms with Gasteiger partial charge in [-0.25, -0.2) is 4.68 Å². The van der Waals surface area contributed by atoms with Crippen molar-refractivity contribution >= 4 is 11.6 Å². The van der Waals surface area contributed by atoms with Crippen molar-refractivity contribution < 1.29 is 9.90 Å². The number of aliphatic hydroxyl groups excluding tert-OH is 1. The molecule has 21 heavy (non-hydrogen) atoms. The predicted octanol–water partition coefficient (Wildman–Crippen LogP) is -1.58. The zero-order chi connectivity index (χ0) is 14.8. The van der Waals surface area contributed by atoms with E-state index in [0.717, 1.165) is 31.9 Å². The van der Waals surface area contributed by atoms with Crippen LogP contribution in [0.4, 0.5) is 5.69 Å². The molecule has 0 saturated carbocycles. The van der Waals surface area contributed by atoms with Gasteiger partial charge >= 0.3 is 0 Å². The van der Waals surface area contributed by atoms with Crippen molar-refractivity contribution in [3.63, 3.8) is 0 Å². The summed E-state index contributed by atoms with van der Waals surface area (Å²) in [7, 11) is 0. The van der Waals surface area contributed by atoms with Gasteiger partial charge in [0.15, 0.2) is 0 Å². The number of anilines is 1. The van der Waals surface area contributed by atoms with Gasteiger partial charge in [-0.1, -0.05) is 0 Å². The molecule has 1 aromatic heterocycles. The van der Waals surface area contributed by atoms with Gasteiger partial charge in [-0.05, 0) is 12.8 Å². The summed E-state index contributed by atoms with van der Waals surface area (Å²) in [6, 6.07) is 0.884. The Balaban J connectivity index is 1.81. The normalized spacial score (nSPS) is 26.5. The number of carbonyl (C=O) groups is 1. The number of rotatable bonds is 2. The average Bonchev–Trinajstić information content (AvgIpc) is 2.49. The number of hydrogen-bond donors (Lipinski definition) is 3. The van der Waals surface area contributed by atoms with E-state index in [9.17, 15) is 14.7 Å². The van der Waals surface area contributed by atoms with E-state index in [-0.39, 0.29) is 11.5 Å². The van der Waals surface area contributed by atoms with Crippen LogP contribution in [-0.2, 0) is 4.79 Å². The summed E-state index contributed by atoms with van der Waals surface area (Å²) in [5, 5.41) is 19.2. The first-order valence-corrected chi connectivity index (χ1v) is 7.18. The van der Waals surface area contributed by atoms with Crippen LogP contribution in [0.25, 0.3) is 0 Å². The van der Waals surface area contributed by atoms with Gasteiger partial charge in [-0.15, -0.1) is 0 Å². The van der Waals surface area contributed by atoms with Gasteiger partial charge < -0.3 is 20.6 Å². The lowest BCUT2D eigenvalue weighted by Gasteiger charge is -2.30. The van der Waals surface area contributed by atoms with Crippen LogP contribution in [0.1, 0.15) is 18.9 Å². The van der Waals surface area contributed by atoms with Crippen LogP contribution in [0.15, 0.2) is 17.1 Å². The van der Waals surface area contributed by atoms with E-state index >= 15 is 0 Å². The topological polar surface area (TPSA) is 99.5 Å². The fourth-order valence-corrected chi connectivity index (χ4v) is 2.75. The minimum atomic E-state index is -0.829. The smallest absolute Gasteiger partial charge is 0.269 e. The highest BCUT2D eigenvalue weighted by atomic mass is 16.3. The molecule has 0 bridgehead atoms. The van der Waals surface area contributed by atoms with Crippen molar-refractivity contribution in [3.8, 4) is 0 Å². The Morgan fingerprint density at radius 2 is 2.00 bits per heavy atom. The van der Waals surface area contributed by atoms with Gasteiger partial charge in [-0.3, -0.25) is 9.59 Å². The maximum absolute atomic E-state index is 12.2. The number of piperazine rings is 1. The minimum Gasteiger partial charge on any atom is -0.374 e. The number of aromatic nitrogens is 2. The second kappa shape index (κ2) is 5.82. The summed E-state index contributed by atoms with van der Waals surface area (Å²) in [4.78, 5) is 26.2. The molecule has 1 aromatic rings. The van der Waals surface area contributed by atoms with Gasteiger partial charge in [0.25, 0.3) is 5.56 Å². The molecule has 2 atom stereocenters. The molecule has 3 rings (SSSR count). The maximum Gasteiger partial charge on any atom is 0.269 e. The van der Waals surface area contributed by atoms with E-state index in [1.807, 2.05) is 0 Å². The highest BCUT2D eigenvalue weighted by Crippen LogP contribution is 2.18. The Hall–Kier alpha value is -1.93. The first kappa shape index (κ1) is 14.0. The number of amides is 1. The Morgan fingerprint density at radius 1 is 1.24 bits per heavy atom. The number of piperidine rings is 1. The van der Waals surface area contributed by atoms with Crippen LogP contribution >= 0.6 is 0 Å². The number of nitrogens with one attached hydrogen (secondary N) is 2. The number of hydrogen-bond acceptors (Lipinski definition) is 6. The summed E-state index contributed by atoms with van der Waals surface area (Å²) in [6.45, 7) is 3.43. The van der Waals surface area contributed by atoms with Gasteiger partial charge in [0, 0.05) is 32.2 Å². The van der Waals surface area contributed by atoms with Crippen molar-refractivity contribution in [2.45, 2.75) is 25.1 Å². The lowest BCUT2D eigenvalue weighted by Crippen LogP contribution is -2.48. The molecule has 3 N–H and O–H groups in total. The zero-order valence-corrected chi connectivity index (χ0v) is 11.7. The van der Waals surface area contributed by atoms with E-state index in [1.54, 1.807) is 6.20 Å². The second-order valence-corrected chi connectivity index (χ2v) is 5.35.